The fourth-order valence-electron chi connectivity index (χ4n) is 2.28. The van der Waals surface area contributed by atoms with Crippen molar-refractivity contribution in [1.82, 2.24) is 14.5 Å². The molecule has 0 radical (unpaired) electrons. The van der Waals surface area contributed by atoms with E-state index in [0.717, 1.165) is 24.1 Å². The third kappa shape index (κ3) is 4.56. The van der Waals surface area contributed by atoms with Gasteiger partial charge in [0.1, 0.15) is 5.82 Å². The van der Waals surface area contributed by atoms with Crippen LogP contribution in [0.3, 0.4) is 0 Å². The Labute approximate surface area is 124 Å². The summed E-state index contributed by atoms with van der Waals surface area (Å²) in [5, 5.41) is 0. The molecule has 0 amide bonds. The minimum Gasteiger partial charge on any atom is -0.328 e. The highest BCUT2D eigenvalue weighted by Gasteiger charge is 2.26. The van der Waals surface area contributed by atoms with Gasteiger partial charge < -0.3 is 5.73 Å². The molecule has 1 saturated heterocycles. The Kier molecular flexibility index (Phi) is 7.81. The Morgan fingerprint density at radius 1 is 1.47 bits per heavy atom. The number of alkyl halides is 2. The van der Waals surface area contributed by atoms with E-state index in [1.54, 1.807) is 0 Å². The number of halogens is 4. The summed E-state index contributed by atoms with van der Waals surface area (Å²) in [5.74, 6) is 0.885. The highest BCUT2D eigenvalue weighted by Crippen LogP contribution is 2.21. The van der Waals surface area contributed by atoms with Gasteiger partial charge in [0.2, 0.25) is 0 Å². The largest absolute Gasteiger partial charge is 0.328 e. The standard InChI is InChI=1S/C11H18F2N4.2ClH/c1-8(14)9-2-4-16(6-9)7-10-15-3-5-17(10)11(12)13;;/h3,5,8-9,11H,2,4,6-7,14H2,1H3;2*1H. The van der Waals surface area contributed by atoms with Gasteiger partial charge in [-0.15, -0.1) is 24.8 Å². The number of hydrogen-bond acceptors (Lipinski definition) is 3. The zero-order valence-electron chi connectivity index (χ0n) is 10.7. The lowest BCUT2D eigenvalue weighted by Crippen LogP contribution is -2.30. The number of nitrogens with two attached hydrogens (primary N) is 1. The van der Waals surface area contributed by atoms with Crippen molar-refractivity contribution >= 4 is 24.8 Å². The van der Waals surface area contributed by atoms with E-state index in [1.807, 2.05) is 6.92 Å². The molecule has 2 rings (SSSR count). The van der Waals surface area contributed by atoms with E-state index >= 15 is 0 Å². The smallest absolute Gasteiger partial charge is 0.319 e. The quantitative estimate of drug-likeness (QED) is 0.927. The predicted molar refractivity (Wildman–Crippen MR) is 75.0 cm³/mol. The first-order chi connectivity index (χ1) is 8.08. The third-order valence-corrected chi connectivity index (χ3v) is 3.38. The average Bonchev–Trinajstić information content (AvgIpc) is 2.86. The second-order valence-corrected chi connectivity index (χ2v) is 4.67. The molecule has 0 spiro atoms. The first-order valence-corrected chi connectivity index (χ1v) is 5.85. The van der Waals surface area contributed by atoms with Gasteiger partial charge in [-0.2, -0.15) is 8.78 Å². The summed E-state index contributed by atoms with van der Waals surface area (Å²) in [6.45, 7) is 1.73. The lowest BCUT2D eigenvalue weighted by Gasteiger charge is -2.18. The first-order valence-electron chi connectivity index (χ1n) is 5.85. The van der Waals surface area contributed by atoms with Gasteiger partial charge in [-0.1, -0.05) is 0 Å². The van der Waals surface area contributed by atoms with Gasteiger partial charge >= 0.3 is 6.55 Å². The first kappa shape index (κ1) is 18.6. The molecule has 1 aromatic heterocycles. The van der Waals surface area contributed by atoms with Crippen molar-refractivity contribution in [3.05, 3.63) is 18.2 Å². The summed E-state index contributed by atoms with van der Waals surface area (Å²) in [7, 11) is 0. The Balaban J connectivity index is 0.00000162. The zero-order chi connectivity index (χ0) is 12.4. The van der Waals surface area contributed by atoms with E-state index in [9.17, 15) is 8.78 Å². The Hall–Kier alpha value is -0.430. The SMILES string of the molecule is CC(N)C1CCN(Cc2nccn2C(F)F)C1.Cl.Cl. The van der Waals surface area contributed by atoms with Crippen LogP contribution in [0, 0.1) is 5.92 Å². The van der Waals surface area contributed by atoms with Crippen LogP contribution in [0.1, 0.15) is 25.7 Å². The number of rotatable bonds is 4. The molecule has 1 aliphatic rings. The van der Waals surface area contributed by atoms with Crippen LogP contribution < -0.4 is 5.73 Å². The lowest BCUT2D eigenvalue weighted by molar-refractivity contribution is 0.0644. The second kappa shape index (κ2) is 7.99. The number of hydrogen-bond donors (Lipinski definition) is 1. The van der Waals surface area contributed by atoms with Gasteiger partial charge in [0.05, 0.1) is 6.54 Å². The summed E-state index contributed by atoms with van der Waals surface area (Å²) in [4.78, 5) is 6.12. The molecule has 19 heavy (non-hydrogen) atoms. The molecular formula is C11H20Cl2F2N4. The maximum absolute atomic E-state index is 12.6. The van der Waals surface area contributed by atoms with E-state index in [1.165, 1.54) is 12.4 Å². The third-order valence-electron chi connectivity index (χ3n) is 3.38. The molecule has 0 aliphatic carbocycles. The molecule has 0 aromatic carbocycles. The maximum atomic E-state index is 12.6. The normalized spacial score (nSPS) is 21.0. The summed E-state index contributed by atoms with van der Waals surface area (Å²) < 4.78 is 26.2. The molecule has 2 N–H and O–H groups in total. The number of likely N-dealkylation sites (tertiary alicyclic amines) is 1. The van der Waals surface area contributed by atoms with E-state index in [2.05, 4.69) is 9.88 Å². The molecule has 2 unspecified atom stereocenters. The highest BCUT2D eigenvalue weighted by molar-refractivity contribution is 5.85. The monoisotopic (exact) mass is 316 g/mol. The molecule has 1 aromatic rings. The number of aromatic nitrogens is 2. The molecule has 0 bridgehead atoms. The fraction of sp³-hybridized carbons (Fsp3) is 0.727. The minimum atomic E-state index is -2.51. The summed E-state index contributed by atoms with van der Waals surface area (Å²) in [5.41, 5.74) is 5.84. The van der Waals surface area contributed by atoms with Crippen molar-refractivity contribution < 1.29 is 8.78 Å². The van der Waals surface area contributed by atoms with Crippen molar-refractivity contribution in [2.24, 2.45) is 11.7 Å². The van der Waals surface area contributed by atoms with Crippen LogP contribution in [0.2, 0.25) is 0 Å². The highest BCUT2D eigenvalue weighted by atomic mass is 35.5. The van der Waals surface area contributed by atoms with Crippen molar-refractivity contribution in [2.75, 3.05) is 13.1 Å². The van der Waals surface area contributed by atoms with Gasteiger partial charge in [-0.25, -0.2) is 4.98 Å². The summed E-state index contributed by atoms with van der Waals surface area (Å²) in [6, 6.07) is 0.162. The van der Waals surface area contributed by atoms with Gasteiger partial charge in [-0.05, 0) is 25.8 Å². The fourth-order valence-corrected chi connectivity index (χ4v) is 2.28. The number of imidazole rings is 1. The predicted octanol–water partition coefficient (Wildman–Crippen LogP) is 2.29. The van der Waals surface area contributed by atoms with Gasteiger partial charge in [-0.3, -0.25) is 9.47 Å². The van der Waals surface area contributed by atoms with Crippen molar-refractivity contribution in [2.45, 2.75) is 32.5 Å². The van der Waals surface area contributed by atoms with Gasteiger partial charge in [0, 0.05) is 25.0 Å². The topological polar surface area (TPSA) is 47.1 Å². The Morgan fingerprint density at radius 3 is 2.68 bits per heavy atom. The molecule has 2 atom stereocenters. The van der Waals surface area contributed by atoms with Crippen LogP contribution in [-0.2, 0) is 6.54 Å². The summed E-state index contributed by atoms with van der Waals surface area (Å²) >= 11 is 0. The van der Waals surface area contributed by atoms with E-state index in [4.69, 9.17) is 5.73 Å². The van der Waals surface area contributed by atoms with Crippen molar-refractivity contribution in [1.29, 1.82) is 0 Å². The molecule has 112 valence electrons. The van der Waals surface area contributed by atoms with Crippen molar-refractivity contribution in [3.63, 3.8) is 0 Å². The molecular weight excluding hydrogens is 297 g/mol. The van der Waals surface area contributed by atoms with E-state index < -0.39 is 6.55 Å². The van der Waals surface area contributed by atoms with Gasteiger partial charge in [0.25, 0.3) is 0 Å². The van der Waals surface area contributed by atoms with E-state index in [0.29, 0.717) is 18.3 Å². The molecule has 1 fully saturated rings. The maximum Gasteiger partial charge on any atom is 0.319 e. The van der Waals surface area contributed by atoms with Crippen LogP contribution in [0.5, 0.6) is 0 Å². The van der Waals surface area contributed by atoms with Gasteiger partial charge in [0.15, 0.2) is 0 Å². The zero-order valence-corrected chi connectivity index (χ0v) is 12.3. The molecule has 8 heteroatoms. The van der Waals surface area contributed by atoms with Crippen LogP contribution in [0.25, 0.3) is 0 Å². The van der Waals surface area contributed by atoms with Crippen molar-refractivity contribution in [3.8, 4) is 0 Å². The minimum absolute atomic E-state index is 0. The van der Waals surface area contributed by atoms with Crippen LogP contribution in [0.4, 0.5) is 8.78 Å². The molecule has 0 saturated carbocycles. The average molecular weight is 317 g/mol. The van der Waals surface area contributed by atoms with Crippen LogP contribution in [-0.4, -0.2) is 33.6 Å². The van der Waals surface area contributed by atoms with Crippen LogP contribution >= 0.6 is 24.8 Å². The Bertz CT molecular complexity index is 373. The second-order valence-electron chi connectivity index (χ2n) is 4.67. The summed E-state index contributed by atoms with van der Waals surface area (Å²) in [6.07, 6.45) is 3.77. The van der Waals surface area contributed by atoms with Crippen LogP contribution in [0.15, 0.2) is 12.4 Å². The Morgan fingerprint density at radius 2 is 2.16 bits per heavy atom. The van der Waals surface area contributed by atoms with E-state index in [-0.39, 0.29) is 30.9 Å². The molecule has 2 heterocycles. The number of nitrogens with zero attached hydrogens (tertiary/aromatic N) is 3. The molecule has 4 nitrogen and oxygen atoms in total. The molecule has 1 aliphatic heterocycles. The lowest BCUT2D eigenvalue weighted by atomic mass is 10.0.